The Morgan fingerprint density at radius 3 is 2.85 bits per heavy atom. The average Bonchev–Trinajstić information content (AvgIpc) is 3.19. The molecule has 0 spiro atoms. The molecule has 0 radical (unpaired) electrons. The number of aromatic nitrogens is 3. The minimum atomic E-state index is -0.813. The molecule has 0 saturated carbocycles. The number of hydrogen-bond acceptors (Lipinski definition) is 7. The summed E-state index contributed by atoms with van der Waals surface area (Å²) in [5.74, 6) is 0.246. The largest absolute Gasteiger partial charge is 0.463 e. The monoisotopic (exact) mass is 449 g/mol. The Morgan fingerprint density at radius 2 is 2.18 bits per heavy atom. The molecule has 172 valence electrons. The summed E-state index contributed by atoms with van der Waals surface area (Å²) in [6, 6.07) is 13.4. The summed E-state index contributed by atoms with van der Waals surface area (Å²) in [5, 5.41) is 18.0. The number of pyridine rings is 1. The Labute approximate surface area is 191 Å². The molecule has 1 aliphatic heterocycles. The molecule has 0 aliphatic carbocycles. The maximum atomic E-state index is 12.7. The second-order valence-electron chi connectivity index (χ2n) is 8.74. The van der Waals surface area contributed by atoms with Gasteiger partial charge in [0.05, 0.1) is 36.8 Å². The molecular weight excluding hydrogens is 422 g/mol. The number of nitrogens with zero attached hydrogens (tertiary/aromatic N) is 3. The first kappa shape index (κ1) is 22.6. The van der Waals surface area contributed by atoms with Crippen LogP contribution >= 0.6 is 0 Å². The molecule has 33 heavy (non-hydrogen) atoms. The quantitative estimate of drug-likeness (QED) is 0.530. The number of rotatable bonds is 7. The smallest absolute Gasteiger partial charge is 0.335 e. The van der Waals surface area contributed by atoms with Gasteiger partial charge in [0.25, 0.3) is 5.56 Å². The van der Waals surface area contributed by atoms with E-state index in [2.05, 4.69) is 16.4 Å². The van der Waals surface area contributed by atoms with Gasteiger partial charge in [0.1, 0.15) is 5.39 Å². The summed E-state index contributed by atoms with van der Waals surface area (Å²) in [6.45, 7) is 4.39. The van der Waals surface area contributed by atoms with Gasteiger partial charge in [0.2, 0.25) is 0 Å². The zero-order valence-corrected chi connectivity index (χ0v) is 18.7. The van der Waals surface area contributed by atoms with Gasteiger partial charge in [-0.15, -0.1) is 0 Å². The van der Waals surface area contributed by atoms with Crippen LogP contribution in [0.5, 0.6) is 0 Å². The van der Waals surface area contributed by atoms with Gasteiger partial charge in [-0.25, -0.2) is 4.79 Å². The van der Waals surface area contributed by atoms with Gasteiger partial charge in [-0.05, 0) is 37.0 Å². The lowest BCUT2D eigenvalue weighted by Gasteiger charge is -2.38. The Hall–Kier alpha value is -3.64. The number of fused-ring (bicyclic) bond motifs is 1. The number of anilines is 2. The fraction of sp³-hybridized carbons (Fsp3) is 0.417. The van der Waals surface area contributed by atoms with Crippen molar-refractivity contribution in [1.29, 1.82) is 5.26 Å². The lowest BCUT2D eigenvalue weighted by molar-refractivity contribution is -0.166. The van der Waals surface area contributed by atoms with Crippen molar-refractivity contribution in [2.75, 3.05) is 18.5 Å². The van der Waals surface area contributed by atoms with E-state index in [0.717, 1.165) is 5.69 Å². The number of aromatic amines is 1. The maximum Gasteiger partial charge on any atom is 0.335 e. The van der Waals surface area contributed by atoms with E-state index in [1.165, 1.54) is 0 Å². The Bertz CT molecular complexity index is 1220. The fourth-order valence-electron chi connectivity index (χ4n) is 4.05. The molecule has 3 aromatic rings. The Morgan fingerprint density at radius 1 is 1.39 bits per heavy atom. The third-order valence-electron chi connectivity index (χ3n) is 5.74. The topological polar surface area (TPSA) is 122 Å². The molecule has 1 fully saturated rings. The van der Waals surface area contributed by atoms with Crippen LogP contribution in [0, 0.1) is 17.2 Å². The Balaban J connectivity index is 1.67. The number of carbonyl (C=O) groups is 1. The highest BCUT2D eigenvalue weighted by Gasteiger charge is 2.42. The van der Waals surface area contributed by atoms with Crippen molar-refractivity contribution in [2.24, 2.45) is 5.92 Å². The van der Waals surface area contributed by atoms with Crippen LogP contribution in [0.2, 0.25) is 0 Å². The van der Waals surface area contributed by atoms with Gasteiger partial charge in [0.15, 0.2) is 11.9 Å². The molecule has 2 aromatic heterocycles. The van der Waals surface area contributed by atoms with Gasteiger partial charge in [-0.2, -0.15) is 10.4 Å². The van der Waals surface area contributed by atoms with Gasteiger partial charge in [-0.3, -0.25) is 9.48 Å². The van der Waals surface area contributed by atoms with E-state index in [-0.39, 0.29) is 30.5 Å². The average molecular weight is 450 g/mol. The highest BCUT2D eigenvalue weighted by molar-refractivity contribution is 5.91. The molecule has 3 heterocycles. The highest BCUT2D eigenvalue weighted by atomic mass is 16.6. The van der Waals surface area contributed by atoms with Crippen molar-refractivity contribution in [1.82, 2.24) is 14.8 Å². The van der Waals surface area contributed by atoms with E-state index in [4.69, 9.17) is 14.6 Å². The van der Waals surface area contributed by atoms with Crippen molar-refractivity contribution < 1.29 is 14.3 Å². The molecule has 9 heteroatoms. The molecule has 2 unspecified atom stereocenters. The third kappa shape index (κ3) is 4.61. The van der Waals surface area contributed by atoms with E-state index in [1.54, 1.807) is 16.9 Å². The first-order valence-electron chi connectivity index (χ1n) is 11.0. The van der Waals surface area contributed by atoms with Crippen molar-refractivity contribution in [3.63, 3.8) is 0 Å². The summed E-state index contributed by atoms with van der Waals surface area (Å²) in [4.78, 5) is 27.8. The number of nitrogens with one attached hydrogen (secondary N) is 2. The van der Waals surface area contributed by atoms with Crippen molar-refractivity contribution in [3.8, 4) is 6.07 Å². The summed E-state index contributed by atoms with van der Waals surface area (Å²) >= 11 is 0. The number of hydrogen-bond donors (Lipinski definition) is 2. The van der Waals surface area contributed by atoms with E-state index in [9.17, 15) is 14.9 Å². The first-order valence-corrected chi connectivity index (χ1v) is 11.0. The van der Waals surface area contributed by atoms with Crippen LogP contribution in [-0.2, 0) is 19.8 Å². The van der Waals surface area contributed by atoms with Crippen LogP contribution in [-0.4, -0.2) is 40.1 Å². The molecule has 9 nitrogen and oxygen atoms in total. The first-order chi connectivity index (χ1) is 15.9. The van der Waals surface area contributed by atoms with E-state index in [1.807, 2.05) is 44.2 Å². The number of H-pyrrole nitrogens is 1. The number of ether oxygens (including phenoxy) is 2. The van der Waals surface area contributed by atoms with E-state index >= 15 is 0 Å². The molecule has 1 saturated heterocycles. The van der Waals surface area contributed by atoms with Gasteiger partial charge in [0, 0.05) is 11.9 Å². The molecule has 4 rings (SSSR count). The predicted octanol–water partition coefficient (Wildman–Crippen LogP) is 3.46. The lowest BCUT2D eigenvalue weighted by atomic mass is 9.87. The van der Waals surface area contributed by atoms with Crippen LogP contribution in [0.4, 0.5) is 11.5 Å². The van der Waals surface area contributed by atoms with Gasteiger partial charge < -0.3 is 19.8 Å². The van der Waals surface area contributed by atoms with Crippen LogP contribution < -0.4 is 10.9 Å². The van der Waals surface area contributed by atoms with Gasteiger partial charge >= 0.3 is 5.97 Å². The zero-order chi connectivity index (χ0) is 23.4. The molecule has 0 bridgehead atoms. The number of benzene rings is 1. The molecule has 1 aliphatic rings. The second-order valence-corrected chi connectivity index (χ2v) is 8.74. The van der Waals surface area contributed by atoms with E-state index < -0.39 is 11.6 Å². The SMILES string of the molecule is CC(C)COC(=O)C1CCC(CC#N)(n2nc(Nc3ccccc3)c3c(=O)[nH]ccc32)CO1. The summed E-state index contributed by atoms with van der Waals surface area (Å²) < 4.78 is 12.9. The number of carbonyl (C=O) groups excluding carboxylic acids is 1. The number of nitriles is 1. The normalized spacial score (nSPS) is 20.5. The fourth-order valence-corrected chi connectivity index (χ4v) is 4.05. The van der Waals surface area contributed by atoms with Crippen LogP contribution in [0.3, 0.4) is 0 Å². The van der Waals surface area contributed by atoms with Gasteiger partial charge in [-0.1, -0.05) is 32.0 Å². The van der Waals surface area contributed by atoms with Crippen molar-refractivity contribution in [3.05, 3.63) is 52.9 Å². The molecule has 0 amide bonds. The summed E-state index contributed by atoms with van der Waals surface area (Å²) in [6.07, 6.45) is 1.88. The highest BCUT2D eigenvalue weighted by Crippen LogP contribution is 2.37. The third-order valence-corrected chi connectivity index (χ3v) is 5.74. The van der Waals surface area contributed by atoms with Crippen molar-refractivity contribution >= 4 is 28.4 Å². The number of esters is 1. The second kappa shape index (κ2) is 9.46. The molecule has 2 N–H and O–H groups in total. The van der Waals surface area contributed by atoms with Crippen LogP contribution in [0.1, 0.15) is 33.1 Å². The molecular formula is C24H27N5O4. The standard InChI is InChI=1S/C24H27N5O4/c1-16(2)14-32-23(31)19-8-10-24(11-12-25,15-33-19)29-18-9-13-26-22(30)20(18)21(28-29)27-17-6-4-3-5-7-17/h3-7,9,13,16,19H,8,10-11,14-15H2,1-2H3,(H,26,30)(H,27,28). The van der Waals surface area contributed by atoms with E-state index in [0.29, 0.717) is 36.2 Å². The maximum absolute atomic E-state index is 12.7. The lowest BCUT2D eigenvalue weighted by Crippen LogP contribution is -2.47. The minimum absolute atomic E-state index is 0.108. The van der Waals surface area contributed by atoms with Crippen LogP contribution in [0.25, 0.3) is 10.9 Å². The van der Waals surface area contributed by atoms with Crippen LogP contribution in [0.15, 0.2) is 47.4 Å². The summed E-state index contributed by atoms with van der Waals surface area (Å²) in [5.41, 5.74) is 0.286. The molecule has 1 aromatic carbocycles. The minimum Gasteiger partial charge on any atom is -0.463 e. The summed E-state index contributed by atoms with van der Waals surface area (Å²) in [7, 11) is 0. The van der Waals surface area contributed by atoms with Crippen molar-refractivity contribution in [2.45, 2.75) is 44.8 Å². The zero-order valence-electron chi connectivity index (χ0n) is 18.7. The predicted molar refractivity (Wildman–Crippen MR) is 123 cm³/mol. The number of para-hydroxylation sites is 1. The molecule has 2 atom stereocenters. The Kier molecular flexibility index (Phi) is 6.47.